The van der Waals surface area contributed by atoms with E-state index in [0.717, 1.165) is 37.7 Å². The van der Waals surface area contributed by atoms with Gasteiger partial charge in [-0.1, -0.05) is 6.07 Å². The molecule has 0 saturated carbocycles. The van der Waals surface area contributed by atoms with E-state index >= 15 is 0 Å². The summed E-state index contributed by atoms with van der Waals surface area (Å²) in [4.78, 5) is 11.3. The Morgan fingerprint density at radius 2 is 2.15 bits per heavy atom. The number of aryl methyl sites for hydroxylation is 1. The molecule has 4 heterocycles. The van der Waals surface area contributed by atoms with Crippen LogP contribution in [-0.2, 0) is 38.0 Å². The molecule has 136 valence electrons. The van der Waals surface area contributed by atoms with E-state index < -0.39 is 0 Å². The summed E-state index contributed by atoms with van der Waals surface area (Å²) in [7, 11) is 1.95. The van der Waals surface area contributed by atoms with Crippen LogP contribution in [0.3, 0.4) is 0 Å². The van der Waals surface area contributed by atoms with Crippen molar-refractivity contribution in [3.63, 3.8) is 0 Å². The van der Waals surface area contributed by atoms with E-state index in [-0.39, 0.29) is 0 Å². The number of hydrogen-bond donors (Lipinski definition) is 0. The number of fused-ring (bicyclic) bond motifs is 1. The minimum atomic E-state index is 0.408. The number of hydrogen-bond acceptors (Lipinski definition) is 5. The first-order valence-electron chi connectivity index (χ1n) is 8.94. The summed E-state index contributed by atoms with van der Waals surface area (Å²) in [5, 5.41) is 4.28. The van der Waals surface area contributed by atoms with Gasteiger partial charge in [-0.25, -0.2) is 4.98 Å². The predicted octanol–water partition coefficient (Wildman–Crippen LogP) is 1.86. The average molecular weight is 352 g/mol. The third kappa shape index (κ3) is 4.17. The molecule has 7 heteroatoms. The molecule has 4 rings (SSSR count). The topological polar surface area (TPSA) is 61.0 Å². The fourth-order valence-corrected chi connectivity index (χ4v) is 3.47. The Morgan fingerprint density at radius 1 is 1.19 bits per heavy atom. The molecule has 1 aliphatic rings. The van der Waals surface area contributed by atoms with Crippen molar-refractivity contribution in [2.45, 2.75) is 26.2 Å². The second-order valence-corrected chi connectivity index (χ2v) is 6.89. The Bertz CT molecular complexity index is 827. The van der Waals surface area contributed by atoms with Crippen LogP contribution in [0.2, 0.25) is 0 Å². The van der Waals surface area contributed by atoms with Crippen molar-refractivity contribution in [3.8, 4) is 0 Å². The first-order valence-corrected chi connectivity index (χ1v) is 8.94. The third-order valence-corrected chi connectivity index (χ3v) is 4.63. The van der Waals surface area contributed by atoms with E-state index in [1.807, 2.05) is 42.3 Å². The second-order valence-electron chi connectivity index (χ2n) is 6.89. The van der Waals surface area contributed by atoms with Crippen molar-refractivity contribution in [2.24, 2.45) is 13.0 Å². The van der Waals surface area contributed by atoms with Gasteiger partial charge in [0, 0.05) is 63.0 Å². The maximum Gasteiger partial charge on any atom is 0.122 e. The van der Waals surface area contributed by atoms with Crippen molar-refractivity contribution in [3.05, 3.63) is 66.3 Å². The zero-order valence-electron chi connectivity index (χ0n) is 15.0. The van der Waals surface area contributed by atoms with Gasteiger partial charge in [-0.3, -0.25) is 14.6 Å². The highest BCUT2D eigenvalue weighted by molar-refractivity contribution is 5.05. The Labute approximate surface area is 153 Å². The third-order valence-electron chi connectivity index (χ3n) is 4.63. The lowest BCUT2D eigenvalue weighted by Gasteiger charge is -2.23. The van der Waals surface area contributed by atoms with Crippen LogP contribution in [0.4, 0.5) is 0 Å². The summed E-state index contributed by atoms with van der Waals surface area (Å²) < 4.78 is 10.1. The summed E-state index contributed by atoms with van der Waals surface area (Å²) in [6, 6.07) is 5.91. The zero-order chi connectivity index (χ0) is 17.8. The molecule has 3 aromatic heterocycles. The van der Waals surface area contributed by atoms with Crippen molar-refractivity contribution in [1.29, 1.82) is 0 Å². The first-order chi connectivity index (χ1) is 12.8. The highest BCUT2D eigenvalue weighted by atomic mass is 16.5. The predicted molar refractivity (Wildman–Crippen MR) is 96.9 cm³/mol. The van der Waals surface area contributed by atoms with Crippen LogP contribution in [0, 0.1) is 5.92 Å². The van der Waals surface area contributed by atoms with Crippen LogP contribution in [-0.4, -0.2) is 42.4 Å². The van der Waals surface area contributed by atoms with Crippen molar-refractivity contribution in [1.82, 2.24) is 29.2 Å². The molecular formula is C19H24N6O. The van der Waals surface area contributed by atoms with Gasteiger partial charge in [-0.2, -0.15) is 5.10 Å². The smallest absolute Gasteiger partial charge is 0.122 e. The van der Waals surface area contributed by atoms with Gasteiger partial charge >= 0.3 is 0 Å². The SMILES string of the molecule is Cn1cc(CN2Cc3nccn3CC(COCc3ccccn3)C2)cn1. The van der Waals surface area contributed by atoms with E-state index in [1.165, 1.54) is 5.56 Å². The fourth-order valence-electron chi connectivity index (χ4n) is 3.47. The van der Waals surface area contributed by atoms with Gasteiger partial charge in [0.05, 0.1) is 31.6 Å². The molecule has 7 nitrogen and oxygen atoms in total. The molecule has 0 fully saturated rings. The molecule has 1 atom stereocenters. The molecule has 0 saturated heterocycles. The summed E-state index contributed by atoms with van der Waals surface area (Å²) in [6.45, 7) is 4.88. The standard InChI is InChI=1S/C19H24N6O/c1-23-9-16(8-22-23)10-24-11-17(12-25-7-6-21-19(25)13-24)14-26-15-18-4-2-3-5-20-18/h2-9,17H,10-15H2,1H3. The van der Waals surface area contributed by atoms with E-state index in [1.54, 1.807) is 6.20 Å². The lowest BCUT2D eigenvalue weighted by Crippen LogP contribution is -2.30. The van der Waals surface area contributed by atoms with Crippen molar-refractivity contribution < 1.29 is 4.74 Å². The summed E-state index contributed by atoms with van der Waals surface area (Å²) in [6.07, 6.45) is 9.76. The Hall–Kier alpha value is -2.51. The molecular weight excluding hydrogens is 328 g/mol. The van der Waals surface area contributed by atoms with Crippen LogP contribution in [0.5, 0.6) is 0 Å². The second kappa shape index (κ2) is 7.80. The van der Waals surface area contributed by atoms with E-state index in [9.17, 15) is 0 Å². The average Bonchev–Trinajstić information content (AvgIpc) is 3.21. The van der Waals surface area contributed by atoms with E-state index in [4.69, 9.17) is 4.74 Å². The molecule has 0 bridgehead atoms. The minimum absolute atomic E-state index is 0.408. The van der Waals surface area contributed by atoms with Gasteiger partial charge < -0.3 is 9.30 Å². The molecule has 0 N–H and O–H groups in total. The van der Waals surface area contributed by atoms with Crippen LogP contribution < -0.4 is 0 Å². The zero-order valence-corrected chi connectivity index (χ0v) is 15.0. The fraction of sp³-hybridized carbons (Fsp3) is 0.421. The molecule has 3 aromatic rings. The highest BCUT2D eigenvalue weighted by Gasteiger charge is 2.23. The normalized spacial score (nSPS) is 17.8. The van der Waals surface area contributed by atoms with Gasteiger partial charge in [0.15, 0.2) is 0 Å². The molecule has 0 radical (unpaired) electrons. The van der Waals surface area contributed by atoms with E-state index in [0.29, 0.717) is 19.1 Å². The summed E-state index contributed by atoms with van der Waals surface area (Å²) >= 11 is 0. The quantitative estimate of drug-likeness (QED) is 0.678. The maximum atomic E-state index is 5.97. The molecule has 1 unspecified atom stereocenters. The first kappa shape index (κ1) is 16.9. The number of imidazole rings is 1. The Kier molecular flexibility index (Phi) is 5.08. The minimum Gasteiger partial charge on any atom is -0.375 e. The molecule has 0 spiro atoms. The van der Waals surface area contributed by atoms with Gasteiger partial charge in [0.1, 0.15) is 5.82 Å². The van der Waals surface area contributed by atoms with Gasteiger partial charge in [-0.15, -0.1) is 0 Å². The molecule has 0 aliphatic carbocycles. The highest BCUT2D eigenvalue weighted by Crippen LogP contribution is 2.18. The maximum absolute atomic E-state index is 5.97. The molecule has 0 amide bonds. The van der Waals surface area contributed by atoms with Crippen LogP contribution in [0.1, 0.15) is 17.1 Å². The summed E-state index contributed by atoms with van der Waals surface area (Å²) in [5.41, 5.74) is 2.19. The number of aromatic nitrogens is 5. The Morgan fingerprint density at radius 3 is 2.96 bits per heavy atom. The van der Waals surface area contributed by atoms with E-state index in [2.05, 4.69) is 36.9 Å². The number of rotatable bonds is 6. The van der Waals surface area contributed by atoms with Gasteiger partial charge in [0.2, 0.25) is 0 Å². The van der Waals surface area contributed by atoms with Crippen molar-refractivity contribution in [2.75, 3.05) is 13.2 Å². The summed E-state index contributed by atoms with van der Waals surface area (Å²) in [5.74, 6) is 1.52. The lowest BCUT2D eigenvalue weighted by molar-refractivity contribution is 0.0649. The molecule has 0 aromatic carbocycles. The van der Waals surface area contributed by atoms with Crippen LogP contribution in [0.25, 0.3) is 0 Å². The van der Waals surface area contributed by atoms with Gasteiger partial charge in [0.25, 0.3) is 0 Å². The number of pyridine rings is 1. The van der Waals surface area contributed by atoms with Gasteiger partial charge in [-0.05, 0) is 12.1 Å². The number of ether oxygens (including phenoxy) is 1. The molecule has 26 heavy (non-hydrogen) atoms. The van der Waals surface area contributed by atoms with Crippen molar-refractivity contribution >= 4 is 0 Å². The molecule has 1 aliphatic heterocycles. The largest absolute Gasteiger partial charge is 0.375 e. The Balaban J connectivity index is 1.40. The monoisotopic (exact) mass is 352 g/mol. The van der Waals surface area contributed by atoms with Crippen LogP contribution in [0.15, 0.2) is 49.2 Å². The lowest BCUT2D eigenvalue weighted by atomic mass is 10.1. The van der Waals surface area contributed by atoms with Crippen LogP contribution >= 0.6 is 0 Å². The number of nitrogens with zero attached hydrogens (tertiary/aromatic N) is 6.